The molecule has 2 N–H and O–H groups in total. The first kappa shape index (κ1) is 41.1. The van der Waals surface area contributed by atoms with Crippen molar-refractivity contribution in [2.45, 2.75) is 109 Å². The quantitative estimate of drug-likeness (QED) is 0.142. The van der Waals surface area contributed by atoms with E-state index < -0.39 is 64.4 Å². The lowest BCUT2D eigenvalue weighted by atomic mass is 9.78. The molecule has 0 aliphatic carbocycles. The van der Waals surface area contributed by atoms with Gasteiger partial charge in [-0.3, -0.25) is 25.0 Å². The summed E-state index contributed by atoms with van der Waals surface area (Å²) >= 11 is 6.80. The number of aryl methyl sites for hydroxylation is 2. The number of halogens is 1. The molecule has 4 aliphatic rings. The Hall–Kier alpha value is -4.50. The number of epoxide rings is 1. The highest BCUT2D eigenvalue weighted by atomic mass is 35.5. The van der Waals surface area contributed by atoms with E-state index in [0.29, 0.717) is 47.2 Å². The Morgan fingerprint density at radius 1 is 1.11 bits per heavy atom. The fraction of sp³-hybridized carbons (Fsp3) is 0.537. The van der Waals surface area contributed by atoms with Crippen LogP contribution in [-0.2, 0) is 35.0 Å². The molecule has 2 amide bonds. The van der Waals surface area contributed by atoms with Crippen molar-refractivity contribution in [3.63, 3.8) is 0 Å². The van der Waals surface area contributed by atoms with Gasteiger partial charge in [-0.2, -0.15) is 0 Å². The zero-order chi connectivity index (χ0) is 40.7. The number of anilines is 3. The van der Waals surface area contributed by atoms with Crippen LogP contribution in [0, 0.1) is 29.9 Å². The maximum atomic E-state index is 14.2. The van der Waals surface area contributed by atoms with E-state index in [0.717, 1.165) is 29.5 Å². The van der Waals surface area contributed by atoms with Gasteiger partial charge < -0.3 is 33.9 Å². The first-order chi connectivity index (χ1) is 26.4. The van der Waals surface area contributed by atoms with Gasteiger partial charge in [0.1, 0.15) is 29.5 Å². The van der Waals surface area contributed by atoms with E-state index in [9.17, 15) is 29.6 Å². The third kappa shape index (κ3) is 8.43. The molecule has 6 rings (SSSR count). The minimum atomic E-state index is -1.58. The Morgan fingerprint density at radius 2 is 1.82 bits per heavy atom. The number of amides is 2. The molecular weight excluding hydrogens is 744 g/mol. The number of esters is 1. The molecule has 3 saturated heterocycles. The van der Waals surface area contributed by atoms with Crippen LogP contribution in [0.1, 0.15) is 69.6 Å². The summed E-state index contributed by atoms with van der Waals surface area (Å²) in [6.07, 6.45) is 2.95. The van der Waals surface area contributed by atoms with Crippen LogP contribution in [0.5, 0.6) is 0 Å². The van der Waals surface area contributed by atoms with Crippen molar-refractivity contribution in [1.29, 1.82) is 0 Å². The molecule has 0 spiro atoms. The van der Waals surface area contributed by atoms with Crippen LogP contribution < -0.4 is 15.1 Å². The Kier molecular flexibility index (Phi) is 11.9. The lowest BCUT2D eigenvalue weighted by molar-refractivity contribution is -0.384. The second-order valence-corrected chi connectivity index (χ2v) is 16.2. The second-order valence-electron chi connectivity index (χ2n) is 15.9. The minimum absolute atomic E-state index is 0.0530. The molecule has 2 aromatic carbocycles. The first-order valence-electron chi connectivity index (χ1n) is 19.0. The van der Waals surface area contributed by atoms with E-state index in [4.69, 9.17) is 30.5 Å². The van der Waals surface area contributed by atoms with Gasteiger partial charge in [0.2, 0.25) is 5.91 Å². The molecule has 15 heteroatoms. The summed E-state index contributed by atoms with van der Waals surface area (Å²) in [4.78, 5) is 55.9. The minimum Gasteiger partial charge on any atom is -0.462 e. The SMILES string of the molecule is CO[C@@H]1/C=C/C=C(\C)Cc2cc(C)c(Cl)c(c2)N(C)C(=O)C[C@H](OC(=O)Nc2c(C)cc([N+](=O)[O-])cc2N2CCCC2)[C@]2(C)O[C@H]2[C@H](C)[C@@H]2C[C@@]1(O)CC(=O)O2. The van der Waals surface area contributed by atoms with Crippen molar-refractivity contribution in [3.8, 4) is 0 Å². The molecule has 56 heavy (non-hydrogen) atoms. The predicted molar refractivity (Wildman–Crippen MR) is 211 cm³/mol. The molecule has 302 valence electrons. The average molecular weight is 795 g/mol. The van der Waals surface area contributed by atoms with Crippen molar-refractivity contribution in [1.82, 2.24) is 0 Å². The standard InChI is InChI=1S/C41H51ClN4O10/c1-23-11-10-12-32(53-7)41(50)21-31(54-35(48)22-41)26(4)38-40(5,56-38)33(20-34(47)44(6)29-18-27(15-23)16-24(2)36(29)42)55-39(49)43-37-25(3)17-28(46(51)52)19-30(37)45-13-8-9-14-45/h10-12,16-19,26,31-33,38,50H,8-9,13-15,20-22H2,1-7H3,(H,43,49)/b12-10+,23-11+/t26-,31+,32-,33+,38+,40+,41-/m1/s1. The Bertz CT molecular complexity index is 1960. The van der Waals surface area contributed by atoms with Gasteiger partial charge in [-0.05, 0) is 69.7 Å². The highest BCUT2D eigenvalue weighted by Gasteiger charge is 2.64. The van der Waals surface area contributed by atoms with Crippen molar-refractivity contribution in [2.24, 2.45) is 5.92 Å². The number of aliphatic hydroxyl groups is 1. The fourth-order valence-corrected chi connectivity index (χ4v) is 8.62. The van der Waals surface area contributed by atoms with E-state index >= 15 is 0 Å². The number of ether oxygens (including phenoxy) is 4. The smallest absolute Gasteiger partial charge is 0.412 e. The predicted octanol–water partition coefficient (Wildman–Crippen LogP) is 6.74. The van der Waals surface area contributed by atoms with Gasteiger partial charge in [-0.1, -0.05) is 48.4 Å². The third-order valence-electron chi connectivity index (χ3n) is 11.6. The number of carbonyl (C=O) groups excluding carboxylic acids is 3. The molecule has 0 radical (unpaired) electrons. The van der Waals surface area contributed by atoms with Crippen LogP contribution in [0.2, 0.25) is 5.02 Å². The topological polar surface area (TPSA) is 173 Å². The second kappa shape index (κ2) is 16.2. The summed E-state index contributed by atoms with van der Waals surface area (Å²) < 4.78 is 24.0. The zero-order valence-corrected chi connectivity index (χ0v) is 33.7. The van der Waals surface area contributed by atoms with Crippen LogP contribution in [0.4, 0.5) is 27.5 Å². The fourth-order valence-electron chi connectivity index (χ4n) is 8.38. The van der Waals surface area contributed by atoms with Crippen molar-refractivity contribution >= 4 is 52.3 Å². The number of benzene rings is 2. The summed E-state index contributed by atoms with van der Waals surface area (Å²) in [6, 6.07) is 6.65. The summed E-state index contributed by atoms with van der Waals surface area (Å²) in [7, 11) is 3.09. The maximum absolute atomic E-state index is 14.2. The number of nitro benzene ring substituents is 1. The van der Waals surface area contributed by atoms with E-state index in [-0.39, 0.29) is 24.9 Å². The summed E-state index contributed by atoms with van der Waals surface area (Å²) in [5.41, 5.74) is 1.61. The molecule has 2 aromatic rings. The summed E-state index contributed by atoms with van der Waals surface area (Å²) in [5.74, 6) is -1.49. The average Bonchev–Trinajstić information content (AvgIpc) is 3.53. The third-order valence-corrected chi connectivity index (χ3v) is 12.1. The highest BCUT2D eigenvalue weighted by molar-refractivity contribution is 6.34. The van der Waals surface area contributed by atoms with Crippen molar-refractivity contribution in [2.75, 3.05) is 42.4 Å². The van der Waals surface area contributed by atoms with Gasteiger partial charge in [0, 0.05) is 51.7 Å². The van der Waals surface area contributed by atoms with Gasteiger partial charge in [-0.15, -0.1) is 0 Å². The number of nitro groups is 1. The lowest BCUT2D eigenvalue weighted by Crippen LogP contribution is -2.53. The molecule has 0 aromatic heterocycles. The Balaban J connectivity index is 1.37. The van der Waals surface area contributed by atoms with E-state index in [2.05, 4.69) is 5.32 Å². The number of fused-ring (bicyclic) bond motifs is 5. The number of nitrogens with zero attached hydrogens (tertiary/aromatic N) is 3. The van der Waals surface area contributed by atoms with Gasteiger partial charge >= 0.3 is 12.1 Å². The van der Waals surface area contributed by atoms with Gasteiger partial charge in [0.05, 0.1) is 46.0 Å². The van der Waals surface area contributed by atoms with Crippen LogP contribution in [0.3, 0.4) is 0 Å². The number of hydrogen-bond donors (Lipinski definition) is 2. The molecule has 0 unspecified atom stereocenters. The number of hydrogen-bond acceptors (Lipinski definition) is 11. The normalized spacial score (nSPS) is 31.2. The van der Waals surface area contributed by atoms with Crippen LogP contribution in [0.15, 0.2) is 48.1 Å². The number of rotatable bonds is 5. The molecule has 4 bridgehead atoms. The van der Waals surface area contributed by atoms with E-state index in [1.165, 1.54) is 24.1 Å². The summed E-state index contributed by atoms with van der Waals surface area (Å²) in [6.45, 7) is 10.4. The van der Waals surface area contributed by atoms with E-state index in [1.807, 2.05) is 43.9 Å². The molecule has 0 saturated carbocycles. The Labute approximate surface area is 331 Å². The maximum Gasteiger partial charge on any atom is 0.412 e. The number of allylic oxidation sites excluding steroid dienone is 3. The first-order valence-corrected chi connectivity index (χ1v) is 19.4. The number of non-ortho nitro benzene ring substituents is 1. The zero-order valence-electron chi connectivity index (χ0n) is 32.9. The van der Waals surface area contributed by atoms with Gasteiger partial charge in [-0.25, -0.2) is 4.79 Å². The largest absolute Gasteiger partial charge is 0.462 e. The summed E-state index contributed by atoms with van der Waals surface area (Å²) in [5, 5.41) is 26.9. The number of nitrogens with one attached hydrogen (secondary N) is 1. The highest BCUT2D eigenvalue weighted by Crippen LogP contribution is 2.50. The monoisotopic (exact) mass is 794 g/mol. The molecular formula is C41H51ClN4O10. The van der Waals surface area contributed by atoms with Gasteiger partial charge in [0.15, 0.2) is 0 Å². The van der Waals surface area contributed by atoms with Crippen LogP contribution >= 0.6 is 11.6 Å². The lowest BCUT2D eigenvalue weighted by Gasteiger charge is -2.41. The Morgan fingerprint density at radius 3 is 2.50 bits per heavy atom. The van der Waals surface area contributed by atoms with Gasteiger partial charge in [0.25, 0.3) is 5.69 Å². The molecule has 7 atom stereocenters. The molecule has 4 aliphatic heterocycles. The molecule has 4 heterocycles. The molecule has 14 nitrogen and oxygen atoms in total. The van der Waals surface area contributed by atoms with Crippen molar-refractivity contribution < 1.29 is 43.4 Å². The number of methoxy groups -OCH3 is 1. The van der Waals surface area contributed by atoms with E-state index in [1.54, 1.807) is 33.0 Å². The number of carbonyl (C=O) groups is 3. The van der Waals surface area contributed by atoms with Crippen LogP contribution in [-0.4, -0.2) is 90.9 Å². The molecule has 3 fully saturated rings. The van der Waals surface area contributed by atoms with Crippen molar-refractivity contribution in [3.05, 3.63) is 79.9 Å². The van der Waals surface area contributed by atoms with Crippen LogP contribution in [0.25, 0.3) is 0 Å².